The lowest BCUT2D eigenvalue weighted by Crippen LogP contribution is -2.30. The van der Waals surface area contributed by atoms with Crippen molar-refractivity contribution in [3.05, 3.63) is 12.2 Å². The van der Waals surface area contributed by atoms with Gasteiger partial charge in [0.15, 0.2) is 0 Å². The molecule has 1 atom stereocenters. The fourth-order valence-electron chi connectivity index (χ4n) is 0.674. The summed E-state index contributed by atoms with van der Waals surface area (Å²) in [5.41, 5.74) is 10.7. The summed E-state index contributed by atoms with van der Waals surface area (Å²) in [5, 5.41) is 0. The molecule has 0 aromatic carbocycles. The van der Waals surface area contributed by atoms with E-state index in [0.717, 1.165) is 0 Å². The van der Waals surface area contributed by atoms with Crippen molar-refractivity contribution in [3.8, 4) is 0 Å². The smallest absolute Gasteiger partial charge is 0.257 e. The quantitative estimate of drug-likeness (QED) is 0.592. The number of rotatable bonds is 5. The van der Waals surface area contributed by atoms with Gasteiger partial charge in [-0.25, -0.2) is 8.78 Å². The van der Waals surface area contributed by atoms with Gasteiger partial charge in [0, 0.05) is 0 Å². The minimum absolute atomic E-state index is 0.380. The van der Waals surface area contributed by atoms with E-state index < -0.39 is 12.5 Å². The van der Waals surface area contributed by atoms with Crippen LogP contribution in [-0.2, 0) is 0 Å². The number of hydrogen-bond acceptors (Lipinski definition) is 2. The minimum Gasteiger partial charge on any atom is -0.330 e. The number of nitrogens with two attached hydrogens (primary N) is 2. The van der Waals surface area contributed by atoms with E-state index in [1.165, 1.54) is 0 Å². The van der Waals surface area contributed by atoms with E-state index in [-0.39, 0.29) is 0 Å². The highest BCUT2D eigenvalue weighted by Crippen LogP contribution is 2.11. The first-order chi connectivity index (χ1) is 5.09. The van der Waals surface area contributed by atoms with E-state index in [1.807, 2.05) is 0 Å². The van der Waals surface area contributed by atoms with Crippen LogP contribution in [0, 0.1) is 0 Å². The Balaban J connectivity index is 3.64. The van der Waals surface area contributed by atoms with Gasteiger partial charge in [-0.1, -0.05) is 12.2 Å². The van der Waals surface area contributed by atoms with Crippen molar-refractivity contribution in [1.82, 2.24) is 0 Å². The third-order valence-corrected chi connectivity index (χ3v) is 1.44. The third-order valence-electron chi connectivity index (χ3n) is 1.44. The number of halogens is 2. The van der Waals surface area contributed by atoms with Gasteiger partial charge in [-0.05, 0) is 19.4 Å². The van der Waals surface area contributed by atoms with Gasteiger partial charge in [0.05, 0.1) is 6.04 Å². The van der Waals surface area contributed by atoms with Crippen LogP contribution in [0.4, 0.5) is 8.78 Å². The van der Waals surface area contributed by atoms with E-state index in [2.05, 4.69) is 6.58 Å². The summed E-state index contributed by atoms with van der Waals surface area (Å²) in [4.78, 5) is 0. The Kier molecular flexibility index (Phi) is 4.98. The summed E-state index contributed by atoms with van der Waals surface area (Å²) in [7, 11) is 0. The highest BCUT2D eigenvalue weighted by atomic mass is 19.3. The van der Waals surface area contributed by atoms with E-state index in [9.17, 15) is 8.78 Å². The van der Waals surface area contributed by atoms with Crippen LogP contribution in [0.25, 0.3) is 0 Å². The van der Waals surface area contributed by atoms with Gasteiger partial charge in [0.2, 0.25) is 0 Å². The molecule has 0 saturated carbocycles. The van der Waals surface area contributed by atoms with Crippen LogP contribution >= 0.6 is 0 Å². The van der Waals surface area contributed by atoms with Crippen LogP contribution in [-0.4, -0.2) is 19.0 Å². The molecular weight excluding hydrogens is 150 g/mol. The van der Waals surface area contributed by atoms with Crippen molar-refractivity contribution < 1.29 is 8.78 Å². The molecule has 11 heavy (non-hydrogen) atoms. The predicted molar refractivity (Wildman–Crippen MR) is 41.4 cm³/mol. The molecule has 4 N–H and O–H groups in total. The highest BCUT2D eigenvalue weighted by molar-refractivity contribution is 5.05. The third kappa shape index (κ3) is 4.06. The monoisotopic (exact) mass is 164 g/mol. The standard InChI is InChI=1S/C7H14F2N2/c1-5(3-2-4-10)6(11)7(8)9/h6-7H,1-4,10-11H2. The minimum atomic E-state index is -2.51. The number of alkyl halides is 2. The fraction of sp³-hybridized carbons (Fsp3) is 0.714. The van der Waals surface area contributed by atoms with E-state index >= 15 is 0 Å². The van der Waals surface area contributed by atoms with Gasteiger partial charge in [-0.3, -0.25) is 0 Å². The van der Waals surface area contributed by atoms with Crippen molar-refractivity contribution in [2.75, 3.05) is 6.54 Å². The molecule has 0 saturated heterocycles. The molecule has 0 spiro atoms. The summed E-state index contributed by atoms with van der Waals surface area (Å²) in [5.74, 6) is 0. The van der Waals surface area contributed by atoms with Gasteiger partial charge >= 0.3 is 0 Å². The fourth-order valence-corrected chi connectivity index (χ4v) is 0.674. The largest absolute Gasteiger partial charge is 0.330 e. The summed E-state index contributed by atoms with van der Waals surface area (Å²) >= 11 is 0. The Morgan fingerprint density at radius 1 is 1.45 bits per heavy atom. The lowest BCUT2D eigenvalue weighted by Gasteiger charge is -2.12. The van der Waals surface area contributed by atoms with Crippen LogP contribution in [0.15, 0.2) is 12.2 Å². The van der Waals surface area contributed by atoms with Crippen molar-refractivity contribution in [2.45, 2.75) is 25.3 Å². The van der Waals surface area contributed by atoms with Crippen LogP contribution in [0.1, 0.15) is 12.8 Å². The maximum Gasteiger partial charge on any atom is 0.257 e. The maximum atomic E-state index is 11.9. The topological polar surface area (TPSA) is 52.0 Å². The second-order valence-corrected chi connectivity index (χ2v) is 2.41. The molecule has 0 fully saturated rings. The molecule has 2 nitrogen and oxygen atoms in total. The molecule has 0 rings (SSSR count). The van der Waals surface area contributed by atoms with E-state index in [0.29, 0.717) is 25.0 Å². The molecule has 0 aromatic rings. The number of hydrogen-bond donors (Lipinski definition) is 2. The van der Waals surface area contributed by atoms with Crippen LogP contribution in [0.3, 0.4) is 0 Å². The molecule has 0 aromatic heterocycles. The second-order valence-electron chi connectivity index (χ2n) is 2.41. The molecule has 66 valence electrons. The molecule has 0 bridgehead atoms. The normalized spacial score (nSPS) is 13.5. The molecule has 0 aliphatic heterocycles. The highest BCUT2D eigenvalue weighted by Gasteiger charge is 2.17. The molecule has 0 radical (unpaired) electrons. The first-order valence-electron chi connectivity index (χ1n) is 3.51. The second kappa shape index (κ2) is 5.21. The average molecular weight is 164 g/mol. The first kappa shape index (κ1) is 10.5. The molecule has 0 aliphatic rings. The Bertz CT molecular complexity index is 126. The SMILES string of the molecule is C=C(CCCN)C(N)C(F)F. The Labute approximate surface area is 65.3 Å². The summed E-state index contributed by atoms with van der Waals surface area (Å²) < 4.78 is 23.8. The Hall–Kier alpha value is -0.480. The van der Waals surface area contributed by atoms with Crippen molar-refractivity contribution in [2.24, 2.45) is 11.5 Å². The van der Waals surface area contributed by atoms with Gasteiger partial charge in [-0.2, -0.15) is 0 Å². The Morgan fingerprint density at radius 2 is 2.00 bits per heavy atom. The first-order valence-corrected chi connectivity index (χ1v) is 3.51. The molecule has 0 amide bonds. The summed E-state index contributed by atoms with van der Waals surface area (Å²) in [6.45, 7) is 3.93. The molecule has 1 unspecified atom stereocenters. The van der Waals surface area contributed by atoms with Crippen molar-refractivity contribution >= 4 is 0 Å². The molecule has 0 aliphatic carbocycles. The molecular formula is C7H14F2N2. The van der Waals surface area contributed by atoms with Crippen LogP contribution < -0.4 is 11.5 Å². The van der Waals surface area contributed by atoms with Gasteiger partial charge in [0.25, 0.3) is 6.43 Å². The van der Waals surface area contributed by atoms with Crippen molar-refractivity contribution in [1.29, 1.82) is 0 Å². The van der Waals surface area contributed by atoms with Gasteiger partial charge in [-0.15, -0.1) is 0 Å². The Morgan fingerprint density at radius 3 is 2.36 bits per heavy atom. The van der Waals surface area contributed by atoms with Gasteiger partial charge in [0.1, 0.15) is 0 Å². The summed E-state index contributed by atoms with van der Waals surface area (Å²) in [6.07, 6.45) is -1.36. The van der Waals surface area contributed by atoms with Crippen LogP contribution in [0.5, 0.6) is 0 Å². The molecule has 0 heterocycles. The average Bonchev–Trinajstić information content (AvgIpc) is 1.98. The zero-order valence-electron chi connectivity index (χ0n) is 6.39. The predicted octanol–water partition coefficient (Wildman–Crippen LogP) is 0.874. The van der Waals surface area contributed by atoms with Gasteiger partial charge < -0.3 is 11.5 Å². The lowest BCUT2D eigenvalue weighted by molar-refractivity contribution is 0.128. The molecule has 4 heteroatoms. The van der Waals surface area contributed by atoms with E-state index in [4.69, 9.17) is 11.5 Å². The van der Waals surface area contributed by atoms with E-state index in [1.54, 1.807) is 0 Å². The van der Waals surface area contributed by atoms with Crippen LogP contribution in [0.2, 0.25) is 0 Å². The van der Waals surface area contributed by atoms with Crippen molar-refractivity contribution in [3.63, 3.8) is 0 Å². The lowest BCUT2D eigenvalue weighted by atomic mass is 10.1. The summed E-state index contributed by atoms with van der Waals surface area (Å²) in [6, 6.07) is -1.19. The zero-order valence-corrected chi connectivity index (χ0v) is 6.39. The zero-order chi connectivity index (χ0) is 8.85. The maximum absolute atomic E-state index is 11.9.